The van der Waals surface area contributed by atoms with Crippen molar-refractivity contribution in [2.75, 3.05) is 44.0 Å². The second kappa shape index (κ2) is 10.7. The van der Waals surface area contributed by atoms with Gasteiger partial charge in [0, 0.05) is 30.0 Å². The van der Waals surface area contributed by atoms with Crippen LogP contribution in [0, 0.1) is 0 Å². The number of carbonyl (C=O) groups is 1. The molecule has 6 rings (SSSR count). The number of carbonyl (C=O) groups excluding carboxylic acids is 1. The van der Waals surface area contributed by atoms with Crippen molar-refractivity contribution in [1.82, 2.24) is 29.7 Å². The number of piperidine rings is 1. The van der Waals surface area contributed by atoms with Gasteiger partial charge in [0.05, 0.1) is 25.5 Å². The highest BCUT2D eigenvalue weighted by molar-refractivity contribution is 5.95. The topological polar surface area (TPSA) is 100 Å². The number of benzene rings is 1. The fraction of sp³-hybridized carbons (Fsp3) is 0.517. The summed E-state index contributed by atoms with van der Waals surface area (Å²) in [5.74, 6) is 1.80. The van der Waals surface area contributed by atoms with Crippen LogP contribution in [-0.2, 0) is 5.67 Å². The van der Waals surface area contributed by atoms with Gasteiger partial charge >= 0.3 is 0 Å². The number of alkyl halides is 1. The predicted molar refractivity (Wildman–Crippen MR) is 151 cm³/mol. The Morgan fingerprint density at radius 2 is 1.93 bits per heavy atom. The third kappa shape index (κ3) is 5.10. The quantitative estimate of drug-likeness (QED) is 0.473. The second-order valence-corrected chi connectivity index (χ2v) is 11.4. The minimum absolute atomic E-state index is 0.113. The fourth-order valence-corrected chi connectivity index (χ4v) is 6.15. The van der Waals surface area contributed by atoms with Gasteiger partial charge in [-0.3, -0.25) is 9.36 Å². The van der Waals surface area contributed by atoms with Crippen LogP contribution in [0.25, 0.3) is 5.69 Å². The van der Waals surface area contributed by atoms with Crippen molar-refractivity contribution in [2.24, 2.45) is 0 Å². The van der Waals surface area contributed by atoms with Gasteiger partial charge in [-0.05, 0) is 70.9 Å². The SMILES string of the molecule is COc1cc(C(=O)NC2CCN(C)CC2)ccc1Nc1ncc2c(n1)N(C1CCCC1)CC(C)(F)c1nccn1-2. The summed E-state index contributed by atoms with van der Waals surface area (Å²) in [5.41, 5.74) is 0.233. The monoisotopic (exact) mass is 548 g/mol. The van der Waals surface area contributed by atoms with Gasteiger partial charge in [-0.15, -0.1) is 0 Å². The van der Waals surface area contributed by atoms with Crippen LogP contribution in [0.15, 0.2) is 36.8 Å². The Balaban J connectivity index is 1.27. The smallest absolute Gasteiger partial charge is 0.251 e. The molecule has 1 aliphatic carbocycles. The summed E-state index contributed by atoms with van der Waals surface area (Å²) in [5, 5.41) is 6.42. The van der Waals surface area contributed by atoms with Crippen LogP contribution in [0.2, 0.25) is 0 Å². The van der Waals surface area contributed by atoms with Crippen LogP contribution in [-0.4, -0.2) is 76.2 Å². The number of rotatable bonds is 6. The number of hydrogen-bond donors (Lipinski definition) is 2. The zero-order chi connectivity index (χ0) is 27.9. The van der Waals surface area contributed by atoms with E-state index in [0.717, 1.165) is 51.6 Å². The van der Waals surface area contributed by atoms with E-state index >= 15 is 4.39 Å². The van der Waals surface area contributed by atoms with Crippen molar-refractivity contribution in [2.45, 2.75) is 63.2 Å². The third-order valence-electron chi connectivity index (χ3n) is 8.39. The lowest BCUT2D eigenvalue weighted by Crippen LogP contribution is -2.43. The van der Waals surface area contributed by atoms with Gasteiger partial charge in [-0.2, -0.15) is 4.98 Å². The first kappa shape index (κ1) is 26.5. The van der Waals surface area contributed by atoms with Gasteiger partial charge in [0.1, 0.15) is 11.4 Å². The molecule has 4 heterocycles. The summed E-state index contributed by atoms with van der Waals surface area (Å²) >= 11 is 0. The van der Waals surface area contributed by atoms with Crippen LogP contribution in [0.3, 0.4) is 0 Å². The number of aromatic nitrogens is 4. The number of halogens is 1. The lowest BCUT2D eigenvalue weighted by Gasteiger charge is -2.33. The van der Waals surface area contributed by atoms with Gasteiger partial charge in [-0.1, -0.05) is 12.8 Å². The van der Waals surface area contributed by atoms with Gasteiger partial charge < -0.3 is 25.2 Å². The number of likely N-dealkylation sites (tertiary alicyclic amines) is 1. The third-order valence-corrected chi connectivity index (χ3v) is 8.39. The number of amides is 1. The van der Waals surface area contributed by atoms with Crippen LogP contribution in [0.5, 0.6) is 5.75 Å². The maximum atomic E-state index is 16.0. The number of fused-ring (bicyclic) bond motifs is 3. The number of hydrogen-bond acceptors (Lipinski definition) is 8. The lowest BCUT2D eigenvalue weighted by molar-refractivity contribution is 0.0916. The van der Waals surface area contributed by atoms with E-state index in [0.29, 0.717) is 40.3 Å². The number of imidazole rings is 1. The Morgan fingerprint density at radius 1 is 1.15 bits per heavy atom. The standard InChI is InChI=1S/C29H37FN8O2/c1-29(30)18-38(21-6-4-5-7-21)25-23(37-15-12-31-27(29)37)17-32-28(35-25)34-22-9-8-19(16-24(22)40-3)26(39)33-20-10-13-36(2)14-11-20/h8-9,12,15-17,20-21H,4-7,10-11,13-14,18H2,1-3H3,(H,33,39)(H,32,34,35). The molecule has 0 bridgehead atoms. The molecule has 1 unspecified atom stereocenters. The number of nitrogens with one attached hydrogen (secondary N) is 2. The van der Waals surface area contributed by atoms with Gasteiger partial charge in [0.15, 0.2) is 17.3 Å². The van der Waals surface area contributed by atoms with E-state index in [9.17, 15) is 4.79 Å². The molecule has 2 fully saturated rings. The molecule has 2 aliphatic heterocycles. The Hall–Kier alpha value is -3.73. The molecule has 3 aromatic rings. The minimum atomic E-state index is -1.65. The van der Waals surface area contributed by atoms with Gasteiger partial charge in [0.2, 0.25) is 5.95 Å². The first-order chi connectivity index (χ1) is 19.3. The molecule has 1 amide bonds. The zero-order valence-electron chi connectivity index (χ0n) is 23.4. The van der Waals surface area contributed by atoms with Crippen molar-refractivity contribution in [1.29, 1.82) is 0 Å². The Bertz CT molecular complexity index is 1380. The summed E-state index contributed by atoms with van der Waals surface area (Å²) in [7, 11) is 3.67. The van der Waals surface area contributed by atoms with E-state index in [1.54, 1.807) is 55.4 Å². The molecule has 1 aromatic carbocycles. The van der Waals surface area contributed by atoms with E-state index in [1.165, 1.54) is 0 Å². The predicted octanol–water partition coefficient (Wildman–Crippen LogP) is 4.19. The summed E-state index contributed by atoms with van der Waals surface area (Å²) < 4.78 is 23.4. The minimum Gasteiger partial charge on any atom is -0.495 e. The van der Waals surface area contributed by atoms with E-state index in [-0.39, 0.29) is 24.5 Å². The highest BCUT2D eigenvalue weighted by atomic mass is 19.1. The zero-order valence-corrected chi connectivity index (χ0v) is 23.4. The molecular weight excluding hydrogens is 511 g/mol. The molecule has 3 aliphatic rings. The summed E-state index contributed by atoms with van der Waals surface area (Å²) in [6.07, 6.45) is 11.2. The van der Waals surface area contributed by atoms with Crippen molar-refractivity contribution < 1.29 is 13.9 Å². The molecule has 11 heteroatoms. The van der Waals surface area contributed by atoms with E-state index in [4.69, 9.17) is 9.72 Å². The van der Waals surface area contributed by atoms with Gasteiger partial charge in [0.25, 0.3) is 5.91 Å². The molecule has 1 saturated heterocycles. The van der Waals surface area contributed by atoms with Crippen LogP contribution in [0.4, 0.5) is 21.8 Å². The molecule has 2 aromatic heterocycles. The molecule has 0 radical (unpaired) electrons. The highest BCUT2D eigenvalue weighted by Gasteiger charge is 2.41. The molecule has 10 nitrogen and oxygen atoms in total. The largest absolute Gasteiger partial charge is 0.495 e. The molecule has 1 saturated carbocycles. The highest BCUT2D eigenvalue weighted by Crippen LogP contribution is 2.40. The molecule has 0 spiro atoms. The molecule has 1 atom stereocenters. The van der Waals surface area contributed by atoms with Crippen LogP contribution in [0.1, 0.15) is 61.6 Å². The fourth-order valence-electron chi connectivity index (χ4n) is 6.15. The van der Waals surface area contributed by atoms with E-state index in [2.05, 4.69) is 37.4 Å². The lowest BCUT2D eigenvalue weighted by atomic mass is 10.0. The molecule has 2 N–H and O–H groups in total. The number of nitrogens with zero attached hydrogens (tertiary/aromatic N) is 6. The van der Waals surface area contributed by atoms with E-state index in [1.807, 2.05) is 0 Å². The maximum Gasteiger partial charge on any atom is 0.251 e. The molecule has 212 valence electrons. The Kier molecular flexibility index (Phi) is 7.07. The normalized spacial score (nSPS) is 21.9. The first-order valence-corrected chi connectivity index (χ1v) is 14.1. The Morgan fingerprint density at radius 3 is 2.67 bits per heavy atom. The number of ether oxygens (including phenoxy) is 1. The van der Waals surface area contributed by atoms with E-state index < -0.39 is 5.67 Å². The molecular formula is C29H37FN8O2. The Labute approximate surface area is 234 Å². The second-order valence-electron chi connectivity index (χ2n) is 11.4. The summed E-state index contributed by atoms with van der Waals surface area (Å²) in [6, 6.07) is 5.69. The van der Waals surface area contributed by atoms with Crippen molar-refractivity contribution >= 4 is 23.4 Å². The average Bonchev–Trinajstić information content (AvgIpc) is 3.65. The maximum absolute atomic E-state index is 16.0. The summed E-state index contributed by atoms with van der Waals surface area (Å²) in [6.45, 7) is 3.70. The van der Waals surface area contributed by atoms with Crippen molar-refractivity contribution in [3.05, 3.63) is 48.2 Å². The van der Waals surface area contributed by atoms with Gasteiger partial charge in [-0.25, -0.2) is 14.4 Å². The first-order valence-electron chi connectivity index (χ1n) is 14.1. The number of methoxy groups -OCH3 is 1. The van der Waals surface area contributed by atoms with Crippen molar-refractivity contribution in [3.63, 3.8) is 0 Å². The average molecular weight is 549 g/mol. The van der Waals surface area contributed by atoms with Crippen molar-refractivity contribution in [3.8, 4) is 11.4 Å². The van der Waals surface area contributed by atoms with Crippen LogP contribution >= 0.6 is 0 Å². The number of anilines is 3. The van der Waals surface area contributed by atoms with Crippen LogP contribution < -0.4 is 20.3 Å². The molecule has 40 heavy (non-hydrogen) atoms. The summed E-state index contributed by atoms with van der Waals surface area (Å²) in [4.78, 5) is 31.1.